The van der Waals surface area contributed by atoms with Crippen LogP contribution in [0, 0.1) is 5.82 Å². The van der Waals surface area contributed by atoms with E-state index >= 15 is 4.39 Å². The molecule has 0 bridgehead atoms. The molecule has 1 N–H and O–H groups in total. The van der Waals surface area contributed by atoms with Crippen LogP contribution in [0.4, 0.5) is 10.1 Å². The Morgan fingerprint density at radius 1 is 0.974 bits per heavy atom. The molecule has 1 saturated heterocycles. The van der Waals surface area contributed by atoms with E-state index in [0.717, 1.165) is 11.2 Å². The summed E-state index contributed by atoms with van der Waals surface area (Å²) < 4.78 is 69.7. The van der Waals surface area contributed by atoms with Crippen LogP contribution in [-0.4, -0.2) is 46.6 Å². The third kappa shape index (κ3) is 4.92. The number of benzene rings is 3. The number of halogens is 1. The molecule has 1 aromatic heterocycles. The number of nitrogens with one attached hydrogen (secondary N) is 1. The Labute approximate surface area is 220 Å². The second-order valence-corrected chi connectivity index (χ2v) is 12.7. The van der Waals surface area contributed by atoms with Gasteiger partial charge in [-0.25, -0.2) is 21.2 Å². The zero-order chi connectivity index (χ0) is 27.1. The summed E-state index contributed by atoms with van der Waals surface area (Å²) in [6, 6.07) is 18.7. The van der Waals surface area contributed by atoms with E-state index in [4.69, 9.17) is 0 Å². The molecule has 3 aromatic carbocycles. The number of carbonyl (C=O) groups is 1. The molecule has 1 atom stereocenters. The Kier molecular flexibility index (Phi) is 6.76. The Morgan fingerprint density at radius 3 is 2.42 bits per heavy atom. The lowest BCUT2D eigenvalue weighted by molar-refractivity contribution is -0.121. The van der Waals surface area contributed by atoms with Gasteiger partial charge in [0.05, 0.1) is 11.2 Å². The summed E-state index contributed by atoms with van der Waals surface area (Å²) in [5.41, 5.74) is 1.10. The van der Waals surface area contributed by atoms with E-state index in [-0.39, 0.29) is 29.1 Å². The number of carbonyl (C=O) groups excluding carboxylic acids is 1. The van der Waals surface area contributed by atoms with Gasteiger partial charge in [-0.05, 0) is 36.6 Å². The maximum absolute atomic E-state index is 15.8. The SMILES string of the molecule is CS(=O)(=O)c1c(-c2ccccc2)ccc(N2CCCC(NS(=O)(=O)c3cnc4ccccc4c3)C2=O)c1F. The van der Waals surface area contributed by atoms with Gasteiger partial charge in [-0.3, -0.25) is 9.78 Å². The van der Waals surface area contributed by atoms with Crippen molar-refractivity contribution in [3.05, 3.63) is 84.8 Å². The Hall–Kier alpha value is -3.67. The molecule has 0 radical (unpaired) electrons. The maximum atomic E-state index is 15.8. The van der Waals surface area contributed by atoms with Crippen LogP contribution in [-0.2, 0) is 24.7 Å². The monoisotopic (exact) mass is 553 g/mol. The summed E-state index contributed by atoms with van der Waals surface area (Å²) in [7, 11) is -8.14. The number of piperidine rings is 1. The molecule has 1 aliphatic heterocycles. The van der Waals surface area contributed by atoms with Crippen LogP contribution in [0.2, 0.25) is 0 Å². The average molecular weight is 554 g/mol. The molecule has 0 spiro atoms. The molecule has 1 aliphatic rings. The smallest absolute Gasteiger partial charge is 0.245 e. The number of anilines is 1. The molecule has 1 fully saturated rings. The minimum atomic E-state index is -4.12. The molecule has 1 amide bonds. The van der Waals surface area contributed by atoms with Gasteiger partial charge < -0.3 is 4.90 Å². The molecule has 0 aliphatic carbocycles. The van der Waals surface area contributed by atoms with Crippen molar-refractivity contribution in [3.63, 3.8) is 0 Å². The minimum Gasteiger partial charge on any atom is -0.308 e. The molecule has 1 unspecified atom stereocenters. The van der Waals surface area contributed by atoms with Crippen LogP contribution >= 0.6 is 0 Å². The van der Waals surface area contributed by atoms with Gasteiger partial charge in [-0.15, -0.1) is 0 Å². The first-order chi connectivity index (χ1) is 18.1. The predicted molar refractivity (Wildman–Crippen MR) is 142 cm³/mol. The van der Waals surface area contributed by atoms with Crippen molar-refractivity contribution in [1.82, 2.24) is 9.71 Å². The van der Waals surface area contributed by atoms with E-state index in [0.29, 0.717) is 22.9 Å². The third-order valence-corrected chi connectivity index (χ3v) is 9.01. The van der Waals surface area contributed by atoms with Crippen LogP contribution in [0.25, 0.3) is 22.0 Å². The number of fused-ring (bicyclic) bond motifs is 1. The van der Waals surface area contributed by atoms with Gasteiger partial charge in [-0.1, -0.05) is 54.6 Å². The van der Waals surface area contributed by atoms with Gasteiger partial charge in [0.1, 0.15) is 15.8 Å². The van der Waals surface area contributed by atoms with Gasteiger partial charge in [0.25, 0.3) is 0 Å². The van der Waals surface area contributed by atoms with Crippen LogP contribution < -0.4 is 9.62 Å². The molecular formula is C27H24FN3O5S2. The lowest BCUT2D eigenvalue weighted by Gasteiger charge is -2.33. The summed E-state index contributed by atoms with van der Waals surface area (Å²) in [5, 5.41) is 0.626. The quantitative estimate of drug-likeness (QED) is 0.387. The van der Waals surface area contributed by atoms with Gasteiger partial charge in [0, 0.05) is 29.9 Å². The standard InChI is InChI=1S/C27H24FN3O5S2/c1-37(33,34)26-21(18-8-3-2-4-9-18)13-14-24(25(26)28)31-15-7-12-23(27(31)32)30-38(35,36)20-16-19-10-5-6-11-22(19)29-17-20/h2-6,8-11,13-14,16-17,23,30H,7,12,15H2,1H3. The fraction of sp³-hybridized carbons (Fsp3) is 0.185. The number of sulfone groups is 1. The second kappa shape index (κ2) is 9.90. The predicted octanol–water partition coefficient (Wildman–Crippen LogP) is 3.92. The van der Waals surface area contributed by atoms with Crippen LogP contribution in [0.5, 0.6) is 0 Å². The summed E-state index contributed by atoms with van der Waals surface area (Å²) in [6.07, 6.45) is 2.71. The molecule has 38 heavy (non-hydrogen) atoms. The highest BCUT2D eigenvalue weighted by Crippen LogP contribution is 2.36. The zero-order valence-electron chi connectivity index (χ0n) is 20.3. The Balaban J connectivity index is 1.48. The lowest BCUT2D eigenvalue weighted by Crippen LogP contribution is -2.52. The summed E-state index contributed by atoms with van der Waals surface area (Å²) in [5.74, 6) is -1.72. The number of rotatable bonds is 6. The lowest BCUT2D eigenvalue weighted by atomic mass is 10.0. The minimum absolute atomic E-state index is 0.0983. The van der Waals surface area contributed by atoms with Crippen molar-refractivity contribution in [2.45, 2.75) is 28.7 Å². The average Bonchev–Trinajstić information content (AvgIpc) is 2.89. The van der Waals surface area contributed by atoms with E-state index in [1.54, 1.807) is 54.6 Å². The van der Waals surface area contributed by atoms with Crippen molar-refractivity contribution in [1.29, 1.82) is 0 Å². The first-order valence-corrected chi connectivity index (χ1v) is 15.2. The van der Waals surface area contributed by atoms with Crippen LogP contribution in [0.3, 0.4) is 0 Å². The number of nitrogens with zero attached hydrogens (tertiary/aromatic N) is 2. The van der Waals surface area contributed by atoms with Crippen LogP contribution in [0.1, 0.15) is 12.8 Å². The Morgan fingerprint density at radius 2 is 1.68 bits per heavy atom. The molecule has 5 rings (SSSR count). The third-order valence-electron chi connectivity index (χ3n) is 6.43. The van der Waals surface area contributed by atoms with Gasteiger partial charge in [0.2, 0.25) is 15.9 Å². The molecule has 8 nitrogen and oxygen atoms in total. The van der Waals surface area contributed by atoms with E-state index in [1.807, 2.05) is 0 Å². The van der Waals surface area contributed by atoms with Crippen LogP contribution in [0.15, 0.2) is 88.8 Å². The molecule has 196 valence electrons. The number of hydrogen-bond acceptors (Lipinski definition) is 6. The number of sulfonamides is 1. The van der Waals surface area contributed by atoms with Crippen molar-refractivity contribution in [3.8, 4) is 11.1 Å². The number of amides is 1. The zero-order valence-corrected chi connectivity index (χ0v) is 22.0. The highest BCUT2D eigenvalue weighted by Gasteiger charge is 2.36. The molecule has 2 heterocycles. The number of aromatic nitrogens is 1. The number of pyridine rings is 1. The molecule has 0 saturated carbocycles. The van der Waals surface area contributed by atoms with Gasteiger partial charge >= 0.3 is 0 Å². The van der Waals surface area contributed by atoms with Crippen molar-refractivity contribution in [2.24, 2.45) is 0 Å². The van der Waals surface area contributed by atoms with E-state index in [2.05, 4.69) is 9.71 Å². The van der Waals surface area contributed by atoms with Crippen molar-refractivity contribution < 1.29 is 26.0 Å². The number of para-hydroxylation sites is 1. The summed E-state index contributed by atoms with van der Waals surface area (Å²) in [4.78, 5) is 18.1. The second-order valence-electron chi connectivity index (χ2n) is 9.08. The summed E-state index contributed by atoms with van der Waals surface area (Å²) in [6.45, 7) is 0.111. The van der Waals surface area contributed by atoms with E-state index in [9.17, 15) is 21.6 Å². The van der Waals surface area contributed by atoms with E-state index in [1.165, 1.54) is 24.4 Å². The van der Waals surface area contributed by atoms with Crippen molar-refractivity contribution >= 4 is 42.4 Å². The van der Waals surface area contributed by atoms with Gasteiger partial charge in [-0.2, -0.15) is 4.72 Å². The highest BCUT2D eigenvalue weighted by molar-refractivity contribution is 7.91. The topological polar surface area (TPSA) is 114 Å². The normalized spacial score (nSPS) is 16.6. The number of hydrogen-bond donors (Lipinski definition) is 1. The highest BCUT2D eigenvalue weighted by atomic mass is 32.2. The summed E-state index contributed by atoms with van der Waals surface area (Å²) >= 11 is 0. The Bertz CT molecular complexity index is 1760. The van der Waals surface area contributed by atoms with Gasteiger partial charge in [0.15, 0.2) is 15.7 Å². The fourth-order valence-corrected chi connectivity index (χ4v) is 6.86. The molecular weight excluding hydrogens is 529 g/mol. The van der Waals surface area contributed by atoms with E-state index < -0.39 is 42.5 Å². The fourth-order valence-electron chi connectivity index (χ4n) is 4.64. The molecule has 11 heteroatoms. The molecule has 4 aromatic rings. The maximum Gasteiger partial charge on any atom is 0.245 e. The first-order valence-electron chi connectivity index (χ1n) is 11.8. The largest absolute Gasteiger partial charge is 0.308 e. The first kappa shape index (κ1) is 26.0. The van der Waals surface area contributed by atoms with Crippen molar-refractivity contribution in [2.75, 3.05) is 17.7 Å².